The van der Waals surface area contributed by atoms with Gasteiger partial charge in [0.05, 0.1) is 17.5 Å². The summed E-state index contributed by atoms with van der Waals surface area (Å²) in [6.45, 7) is 1.78. The molecule has 2 heterocycles. The van der Waals surface area contributed by atoms with E-state index in [2.05, 4.69) is 10.6 Å². The summed E-state index contributed by atoms with van der Waals surface area (Å²) in [6, 6.07) is 12.8. The van der Waals surface area contributed by atoms with E-state index in [4.69, 9.17) is 4.42 Å². The first-order valence-corrected chi connectivity index (χ1v) is 8.11. The molecule has 0 aliphatic carbocycles. The second kappa shape index (κ2) is 6.66. The van der Waals surface area contributed by atoms with Gasteiger partial charge >= 0.3 is 0 Å². The zero-order valence-corrected chi connectivity index (χ0v) is 13.4. The highest BCUT2D eigenvalue weighted by molar-refractivity contribution is 7.12. The summed E-state index contributed by atoms with van der Waals surface area (Å²) >= 11 is 1.34. The molecule has 3 aromatic rings. The van der Waals surface area contributed by atoms with E-state index >= 15 is 0 Å². The Bertz CT molecular complexity index is 790. The van der Waals surface area contributed by atoms with Crippen molar-refractivity contribution >= 4 is 34.1 Å². The number of furan rings is 1. The highest BCUT2D eigenvalue weighted by Gasteiger charge is 2.15. The molecular formula is C17H16N2O3S. The Labute approximate surface area is 137 Å². The molecular weight excluding hydrogens is 312 g/mol. The molecule has 2 amide bonds. The van der Waals surface area contributed by atoms with E-state index in [1.165, 1.54) is 11.3 Å². The Hall–Kier alpha value is -2.60. The highest BCUT2D eigenvalue weighted by Crippen LogP contribution is 2.23. The van der Waals surface area contributed by atoms with Crippen LogP contribution in [0, 0.1) is 0 Å². The first kappa shape index (κ1) is 15.3. The first-order chi connectivity index (χ1) is 11.1. The molecule has 5 nitrogen and oxygen atoms in total. The lowest BCUT2D eigenvalue weighted by atomic mass is 10.2. The van der Waals surface area contributed by atoms with Crippen LogP contribution >= 0.6 is 11.3 Å². The van der Waals surface area contributed by atoms with Crippen molar-refractivity contribution in [2.45, 2.75) is 13.0 Å². The third-order valence-corrected chi connectivity index (χ3v) is 4.27. The summed E-state index contributed by atoms with van der Waals surface area (Å²) in [5.41, 5.74) is 0.787. The van der Waals surface area contributed by atoms with Gasteiger partial charge in [0.2, 0.25) is 5.91 Å². The molecule has 3 rings (SSSR count). The van der Waals surface area contributed by atoms with E-state index in [1.807, 2.05) is 42.6 Å². The molecule has 0 aliphatic rings. The quantitative estimate of drug-likeness (QED) is 0.756. The van der Waals surface area contributed by atoms with Crippen molar-refractivity contribution in [2.75, 3.05) is 6.54 Å². The number of rotatable bonds is 5. The Morgan fingerprint density at radius 3 is 2.78 bits per heavy atom. The first-order valence-electron chi connectivity index (χ1n) is 7.23. The highest BCUT2D eigenvalue weighted by atomic mass is 32.1. The molecule has 1 unspecified atom stereocenters. The Morgan fingerprint density at radius 1 is 1.22 bits per heavy atom. The molecule has 0 saturated carbocycles. The number of hydrogen-bond acceptors (Lipinski definition) is 4. The smallest absolute Gasteiger partial charge is 0.261 e. The van der Waals surface area contributed by atoms with Crippen LogP contribution in [0.4, 0.5) is 0 Å². The van der Waals surface area contributed by atoms with Gasteiger partial charge in [0.1, 0.15) is 11.3 Å². The number of hydrogen-bond donors (Lipinski definition) is 2. The third-order valence-electron chi connectivity index (χ3n) is 3.40. The van der Waals surface area contributed by atoms with Gasteiger partial charge in [-0.25, -0.2) is 0 Å². The number of fused-ring (bicyclic) bond motifs is 1. The minimum Gasteiger partial charge on any atom is -0.459 e. The summed E-state index contributed by atoms with van der Waals surface area (Å²) in [7, 11) is 0. The van der Waals surface area contributed by atoms with Gasteiger partial charge in [0.25, 0.3) is 5.91 Å². The van der Waals surface area contributed by atoms with Crippen LogP contribution in [0.25, 0.3) is 11.0 Å². The van der Waals surface area contributed by atoms with Gasteiger partial charge in [-0.15, -0.1) is 11.3 Å². The molecule has 1 aromatic carbocycles. The van der Waals surface area contributed by atoms with Crippen LogP contribution in [0.1, 0.15) is 28.4 Å². The van der Waals surface area contributed by atoms with Crippen LogP contribution in [-0.4, -0.2) is 18.4 Å². The third kappa shape index (κ3) is 3.60. The van der Waals surface area contributed by atoms with Crippen LogP contribution in [0.5, 0.6) is 0 Å². The number of carbonyl (C=O) groups excluding carboxylic acids is 2. The van der Waals surface area contributed by atoms with E-state index in [1.54, 1.807) is 12.1 Å². The SMILES string of the molecule is CC(NC(=O)CNC(=O)c1cccs1)c1cc2ccccc2o1. The average Bonchev–Trinajstić information content (AvgIpc) is 3.21. The lowest BCUT2D eigenvalue weighted by molar-refractivity contribution is -0.120. The van der Waals surface area contributed by atoms with Gasteiger partial charge in [-0.2, -0.15) is 0 Å². The number of carbonyl (C=O) groups is 2. The van der Waals surface area contributed by atoms with Crippen molar-refractivity contribution in [3.8, 4) is 0 Å². The van der Waals surface area contributed by atoms with Crippen LogP contribution < -0.4 is 10.6 Å². The maximum absolute atomic E-state index is 12.0. The van der Waals surface area contributed by atoms with Gasteiger partial charge in [-0.05, 0) is 30.5 Å². The Kier molecular flexibility index (Phi) is 4.43. The molecule has 0 aliphatic heterocycles. The molecule has 2 N–H and O–H groups in total. The fraction of sp³-hybridized carbons (Fsp3) is 0.176. The Morgan fingerprint density at radius 2 is 2.04 bits per heavy atom. The predicted octanol–water partition coefficient (Wildman–Crippen LogP) is 3.10. The van der Waals surface area contributed by atoms with Crippen LogP contribution in [-0.2, 0) is 4.79 Å². The molecule has 0 fully saturated rings. The van der Waals surface area contributed by atoms with E-state index in [0.717, 1.165) is 11.0 Å². The summed E-state index contributed by atoms with van der Waals surface area (Å²) in [5.74, 6) is 0.179. The normalized spacial score (nSPS) is 12.0. The standard InChI is InChI=1S/C17H16N2O3S/c1-11(14-9-12-5-2-3-6-13(12)22-14)19-16(20)10-18-17(21)15-7-4-8-23-15/h2-9,11H,10H2,1H3,(H,18,21)(H,19,20). The molecule has 0 saturated heterocycles. The van der Waals surface area contributed by atoms with Gasteiger partial charge in [-0.1, -0.05) is 24.3 Å². The van der Waals surface area contributed by atoms with Crippen molar-refractivity contribution < 1.29 is 14.0 Å². The topological polar surface area (TPSA) is 71.3 Å². The fourth-order valence-electron chi connectivity index (χ4n) is 2.23. The average molecular weight is 328 g/mol. The number of amides is 2. The zero-order valence-electron chi connectivity index (χ0n) is 12.5. The summed E-state index contributed by atoms with van der Waals surface area (Å²) in [4.78, 5) is 24.3. The molecule has 2 aromatic heterocycles. The summed E-state index contributed by atoms with van der Waals surface area (Å²) < 4.78 is 5.71. The van der Waals surface area contributed by atoms with Gasteiger partial charge in [-0.3, -0.25) is 9.59 Å². The van der Waals surface area contributed by atoms with Gasteiger partial charge in [0.15, 0.2) is 0 Å². The van der Waals surface area contributed by atoms with Crippen molar-refractivity contribution in [2.24, 2.45) is 0 Å². The van der Waals surface area contributed by atoms with Crippen molar-refractivity contribution in [1.29, 1.82) is 0 Å². The molecule has 0 bridgehead atoms. The number of thiophene rings is 1. The second-order valence-corrected chi connectivity index (χ2v) is 6.08. The summed E-state index contributed by atoms with van der Waals surface area (Å²) in [5, 5.41) is 8.22. The second-order valence-electron chi connectivity index (χ2n) is 5.14. The van der Waals surface area contributed by atoms with Crippen LogP contribution in [0.2, 0.25) is 0 Å². The monoisotopic (exact) mass is 328 g/mol. The fourth-order valence-corrected chi connectivity index (χ4v) is 2.87. The van der Waals surface area contributed by atoms with Gasteiger partial charge in [0, 0.05) is 5.39 Å². The van der Waals surface area contributed by atoms with E-state index in [0.29, 0.717) is 10.6 Å². The van der Waals surface area contributed by atoms with Crippen LogP contribution in [0.3, 0.4) is 0 Å². The minimum absolute atomic E-state index is 0.0682. The summed E-state index contributed by atoms with van der Waals surface area (Å²) in [6.07, 6.45) is 0. The molecule has 0 radical (unpaired) electrons. The zero-order chi connectivity index (χ0) is 16.2. The predicted molar refractivity (Wildman–Crippen MR) is 89.4 cm³/mol. The van der Waals surface area contributed by atoms with Gasteiger partial charge < -0.3 is 15.1 Å². The number of benzene rings is 1. The van der Waals surface area contributed by atoms with Crippen molar-refractivity contribution in [3.63, 3.8) is 0 Å². The van der Waals surface area contributed by atoms with E-state index < -0.39 is 0 Å². The number of nitrogens with one attached hydrogen (secondary N) is 2. The molecule has 118 valence electrons. The maximum Gasteiger partial charge on any atom is 0.261 e. The van der Waals surface area contributed by atoms with Crippen LogP contribution in [0.15, 0.2) is 52.3 Å². The molecule has 0 spiro atoms. The minimum atomic E-state index is -0.270. The van der Waals surface area contributed by atoms with Crippen molar-refractivity contribution in [3.05, 3.63) is 58.5 Å². The lowest BCUT2D eigenvalue weighted by Gasteiger charge is -2.11. The van der Waals surface area contributed by atoms with Crippen molar-refractivity contribution in [1.82, 2.24) is 10.6 Å². The van der Waals surface area contributed by atoms with E-state index in [-0.39, 0.29) is 24.4 Å². The lowest BCUT2D eigenvalue weighted by Crippen LogP contribution is -2.37. The Balaban J connectivity index is 1.55. The maximum atomic E-state index is 12.0. The largest absolute Gasteiger partial charge is 0.459 e. The number of para-hydroxylation sites is 1. The van der Waals surface area contributed by atoms with E-state index in [9.17, 15) is 9.59 Å². The molecule has 1 atom stereocenters. The molecule has 23 heavy (non-hydrogen) atoms. The molecule has 6 heteroatoms.